The number of hydrogen-bond acceptors (Lipinski definition) is 5. The highest BCUT2D eigenvalue weighted by Crippen LogP contribution is 2.19. The molecule has 2 rings (SSSR count). The number of aliphatic carboxylic acids is 1. The highest BCUT2D eigenvalue weighted by molar-refractivity contribution is 5.94. The second kappa shape index (κ2) is 3.80. The number of nitrogen functional groups attached to an aromatic ring is 1. The number of carboxylic acid groups (broad SMARTS) is 1. The highest BCUT2D eigenvalue weighted by atomic mass is 16.4. The van der Waals surface area contributed by atoms with E-state index >= 15 is 0 Å². The van der Waals surface area contributed by atoms with Crippen LogP contribution in [0.4, 0.5) is 5.95 Å². The fraction of sp³-hybridized carbons (Fsp3) is 0.500. The van der Waals surface area contributed by atoms with Crippen molar-refractivity contribution in [1.82, 2.24) is 20.1 Å². The van der Waals surface area contributed by atoms with Gasteiger partial charge in [-0.3, -0.25) is 9.89 Å². The van der Waals surface area contributed by atoms with Gasteiger partial charge in [0.25, 0.3) is 5.91 Å². The number of amides is 1. The van der Waals surface area contributed by atoms with Crippen LogP contribution in [-0.2, 0) is 4.79 Å². The minimum absolute atomic E-state index is 0.0225. The van der Waals surface area contributed by atoms with Gasteiger partial charge in [-0.1, -0.05) is 0 Å². The first kappa shape index (κ1) is 10.4. The third-order valence-electron chi connectivity index (χ3n) is 2.50. The maximum atomic E-state index is 11.8. The van der Waals surface area contributed by atoms with Crippen molar-refractivity contribution in [1.29, 1.82) is 0 Å². The Labute approximate surface area is 90.4 Å². The van der Waals surface area contributed by atoms with Crippen molar-refractivity contribution in [2.75, 3.05) is 12.3 Å². The molecule has 86 valence electrons. The average Bonchev–Trinajstić information content (AvgIpc) is 2.84. The van der Waals surface area contributed by atoms with Crippen LogP contribution in [0.25, 0.3) is 0 Å². The first-order chi connectivity index (χ1) is 7.59. The molecular weight excluding hydrogens is 214 g/mol. The summed E-state index contributed by atoms with van der Waals surface area (Å²) in [5.74, 6) is -1.53. The molecule has 0 radical (unpaired) electrons. The molecule has 16 heavy (non-hydrogen) atoms. The molecule has 0 saturated carbocycles. The molecule has 0 aliphatic carbocycles. The molecule has 1 saturated heterocycles. The van der Waals surface area contributed by atoms with Gasteiger partial charge in [0.05, 0.1) is 0 Å². The first-order valence-corrected chi connectivity index (χ1v) is 4.81. The fourth-order valence-electron chi connectivity index (χ4n) is 1.77. The van der Waals surface area contributed by atoms with Crippen LogP contribution in [0.5, 0.6) is 0 Å². The second-order valence-electron chi connectivity index (χ2n) is 3.54. The van der Waals surface area contributed by atoms with Crippen molar-refractivity contribution in [3.05, 3.63) is 5.82 Å². The third-order valence-corrected chi connectivity index (χ3v) is 2.50. The van der Waals surface area contributed by atoms with E-state index < -0.39 is 17.9 Å². The summed E-state index contributed by atoms with van der Waals surface area (Å²) in [4.78, 5) is 27.7. The summed E-state index contributed by atoms with van der Waals surface area (Å²) < 4.78 is 0. The van der Waals surface area contributed by atoms with Gasteiger partial charge in [-0.15, -0.1) is 5.10 Å². The van der Waals surface area contributed by atoms with Crippen molar-refractivity contribution in [3.8, 4) is 0 Å². The van der Waals surface area contributed by atoms with Crippen LogP contribution >= 0.6 is 0 Å². The standard InChI is InChI=1S/C8H11N5O3/c9-8-10-5(11-12-8)6(14)13-3-1-2-4(13)7(15)16/h4H,1-3H2,(H,15,16)(H3,9,10,11,12). The molecule has 1 aromatic rings. The van der Waals surface area contributed by atoms with Crippen LogP contribution < -0.4 is 5.73 Å². The van der Waals surface area contributed by atoms with Gasteiger partial charge in [0.2, 0.25) is 11.8 Å². The summed E-state index contributed by atoms with van der Waals surface area (Å²) in [6.07, 6.45) is 1.14. The molecule has 8 nitrogen and oxygen atoms in total. The molecule has 1 aliphatic heterocycles. The molecule has 8 heteroatoms. The molecule has 1 fully saturated rings. The summed E-state index contributed by atoms with van der Waals surface area (Å²) in [7, 11) is 0. The lowest BCUT2D eigenvalue weighted by Gasteiger charge is -2.19. The number of anilines is 1. The maximum Gasteiger partial charge on any atom is 0.326 e. The Morgan fingerprint density at radius 2 is 2.31 bits per heavy atom. The normalized spacial score (nSPS) is 20.0. The number of hydrogen-bond donors (Lipinski definition) is 3. The Morgan fingerprint density at radius 1 is 1.56 bits per heavy atom. The van der Waals surface area contributed by atoms with Gasteiger partial charge in [-0.25, -0.2) is 4.79 Å². The Bertz CT molecular complexity index is 429. The van der Waals surface area contributed by atoms with E-state index in [2.05, 4.69) is 15.2 Å². The van der Waals surface area contributed by atoms with E-state index in [1.165, 1.54) is 4.90 Å². The van der Waals surface area contributed by atoms with E-state index in [0.29, 0.717) is 19.4 Å². The number of nitrogens with zero attached hydrogens (tertiary/aromatic N) is 3. The Kier molecular flexibility index (Phi) is 2.47. The summed E-state index contributed by atoms with van der Waals surface area (Å²) in [5, 5.41) is 14.8. The number of carboxylic acids is 1. The highest BCUT2D eigenvalue weighted by Gasteiger charge is 2.35. The molecule has 2 heterocycles. The van der Waals surface area contributed by atoms with Gasteiger partial charge in [0.15, 0.2) is 0 Å². The van der Waals surface area contributed by atoms with Crippen LogP contribution in [0.15, 0.2) is 0 Å². The van der Waals surface area contributed by atoms with E-state index in [0.717, 1.165) is 0 Å². The molecule has 0 spiro atoms. The van der Waals surface area contributed by atoms with Gasteiger partial charge in [-0.2, -0.15) is 4.98 Å². The van der Waals surface area contributed by atoms with Crippen LogP contribution in [0.1, 0.15) is 23.5 Å². The monoisotopic (exact) mass is 225 g/mol. The molecule has 4 N–H and O–H groups in total. The minimum Gasteiger partial charge on any atom is -0.480 e. The van der Waals surface area contributed by atoms with E-state index in [4.69, 9.17) is 10.8 Å². The molecular formula is C8H11N5O3. The van der Waals surface area contributed by atoms with Crippen LogP contribution in [0, 0.1) is 0 Å². The van der Waals surface area contributed by atoms with Gasteiger partial charge < -0.3 is 15.7 Å². The zero-order chi connectivity index (χ0) is 11.7. The minimum atomic E-state index is -1.00. The van der Waals surface area contributed by atoms with E-state index in [1.54, 1.807) is 0 Å². The van der Waals surface area contributed by atoms with E-state index in [-0.39, 0.29) is 11.8 Å². The van der Waals surface area contributed by atoms with Crippen LogP contribution in [0.3, 0.4) is 0 Å². The number of carbonyl (C=O) groups is 2. The van der Waals surface area contributed by atoms with Crippen molar-refractivity contribution >= 4 is 17.8 Å². The predicted octanol–water partition coefficient (Wildman–Crippen LogP) is -0.924. The van der Waals surface area contributed by atoms with Crippen molar-refractivity contribution in [2.45, 2.75) is 18.9 Å². The first-order valence-electron chi connectivity index (χ1n) is 4.81. The lowest BCUT2D eigenvalue weighted by atomic mass is 10.2. The van der Waals surface area contributed by atoms with E-state index in [9.17, 15) is 9.59 Å². The number of nitrogens with two attached hydrogens (primary N) is 1. The number of aromatic nitrogens is 3. The Morgan fingerprint density at radius 3 is 2.88 bits per heavy atom. The van der Waals surface area contributed by atoms with Crippen LogP contribution in [-0.4, -0.2) is 49.7 Å². The van der Waals surface area contributed by atoms with Gasteiger partial charge in [-0.05, 0) is 12.8 Å². The number of carbonyl (C=O) groups excluding carboxylic acids is 1. The Hall–Kier alpha value is -2.12. The largest absolute Gasteiger partial charge is 0.480 e. The zero-order valence-corrected chi connectivity index (χ0v) is 8.38. The van der Waals surface area contributed by atoms with Gasteiger partial charge >= 0.3 is 5.97 Å². The maximum absolute atomic E-state index is 11.8. The molecule has 1 unspecified atom stereocenters. The molecule has 1 aliphatic rings. The third kappa shape index (κ3) is 1.69. The molecule has 1 amide bonds. The van der Waals surface area contributed by atoms with Crippen molar-refractivity contribution < 1.29 is 14.7 Å². The number of H-pyrrole nitrogens is 1. The summed E-state index contributed by atoms with van der Waals surface area (Å²) in [6, 6.07) is -0.779. The van der Waals surface area contributed by atoms with E-state index in [1.807, 2.05) is 0 Å². The summed E-state index contributed by atoms with van der Waals surface area (Å²) >= 11 is 0. The molecule has 1 aromatic heterocycles. The number of rotatable bonds is 2. The van der Waals surface area contributed by atoms with Crippen molar-refractivity contribution in [2.24, 2.45) is 0 Å². The smallest absolute Gasteiger partial charge is 0.326 e. The average molecular weight is 225 g/mol. The van der Waals surface area contributed by atoms with Crippen LogP contribution in [0.2, 0.25) is 0 Å². The topological polar surface area (TPSA) is 125 Å². The number of aromatic amines is 1. The van der Waals surface area contributed by atoms with Gasteiger partial charge in [0.1, 0.15) is 6.04 Å². The Balaban J connectivity index is 2.18. The predicted molar refractivity (Wildman–Crippen MR) is 52.5 cm³/mol. The fourth-order valence-corrected chi connectivity index (χ4v) is 1.77. The second-order valence-corrected chi connectivity index (χ2v) is 3.54. The number of likely N-dealkylation sites (tertiary alicyclic amines) is 1. The SMILES string of the molecule is Nc1n[nH]c(C(=O)N2CCCC2C(=O)O)n1. The van der Waals surface area contributed by atoms with Gasteiger partial charge in [0, 0.05) is 6.54 Å². The molecule has 0 aromatic carbocycles. The summed E-state index contributed by atoms with van der Waals surface area (Å²) in [5.41, 5.74) is 5.27. The molecule has 0 bridgehead atoms. The number of nitrogens with one attached hydrogen (secondary N) is 1. The summed E-state index contributed by atoms with van der Waals surface area (Å²) in [6.45, 7) is 0.413. The van der Waals surface area contributed by atoms with Crippen molar-refractivity contribution in [3.63, 3.8) is 0 Å². The lowest BCUT2D eigenvalue weighted by Crippen LogP contribution is -2.40. The zero-order valence-electron chi connectivity index (χ0n) is 8.38. The quantitative estimate of drug-likeness (QED) is 0.597. The molecule has 1 atom stereocenters. The lowest BCUT2D eigenvalue weighted by molar-refractivity contribution is -0.141.